The van der Waals surface area contributed by atoms with Crippen LogP contribution in [-0.4, -0.2) is 27.5 Å². The number of nitrogens with one attached hydrogen (secondary N) is 1. The molecule has 1 aromatic carbocycles. The number of thiazole rings is 1. The lowest BCUT2D eigenvalue weighted by molar-refractivity contribution is 0.0954. The molecule has 1 aliphatic heterocycles. The minimum Gasteiger partial charge on any atom is -0.493 e. The standard InChI is InChI=1S/C19H18N4O2S/c1-2-14-16(26-19(23-14)17-20-7-3-8-21-17)18(24)22-11-12-4-5-15-13(10-12)6-9-25-15/h3-5,7-8,10H,2,6,9,11H2,1H3,(H,22,24). The van der Waals surface area contributed by atoms with Crippen LogP contribution in [0.4, 0.5) is 0 Å². The molecule has 1 amide bonds. The van der Waals surface area contributed by atoms with Crippen LogP contribution < -0.4 is 10.1 Å². The number of rotatable bonds is 5. The number of carbonyl (C=O) groups is 1. The highest BCUT2D eigenvalue weighted by atomic mass is 32.1. The number of benzene rings is 1. The molecule has 0 unspecified atom stereocenters. The maximum Gasteiger partial charge on any atom is 0.263 e. The van der Waals surface area contributed by atoms with E-state index in [0.29, 0.717) is 28.7 Å². The van der Waals surface area contributed by atoms with Gasteiger partial charge in [-0.2, -0.15) is 0 Å². The Kier molecular flexibility index (Phi) is 4.62. The fraction of sp³-hybridized carbons (Fsp3) is 0.263. The van der Waals surface area contributed by atoms with Crippen LogP contribution in [0.25, 0.3) is 10.8 Å². The summed E-state index contributed by atoms with van der Waals surface area (Å²) in [5.74, 6) is 1.38. The topological polar surface area (TPSA) is 77.0 Å². The molecule has 3 aromatic rings. The Balaban J connectivity index is 1.50. The van der Waals surface area contributed by atoms with Crippen molar-refractivity contribution in [3.63, 3.8) is 0 Å². The van der Waals surface area contributed by atoms with Gasteiger partial charge in [-0.3, -0.25) is 4.79 Å². The summed E-state index contributed by atoms with van der Waals surface area (Å²) in [5.41, 5.74) is 3.04. The number of amides is 1. The van der Waals surface area contributed by atoms with Crippen molar-refractivity contribution < 1.29 is 9.53 Å². The van der Waals surface area contributed by atoms with E-state index in [1.54, 1.807) is 18.5 Å². The zero-order valence-electron chi connectivity index (χ0n) is 14.4. The van der Waals surface area contributed by atoms with Gasteiger partial charge >= 0.3 is 0 Å². The number of hydrogen-bond acceptors (Lipinski definition) is 6. The molecule has 0 radical (unpaired) electrons. The number of ether oxygens (including phenoxy) is 1. The Bertz CT molecular complexity index is 940. The van der Waals surface area contributed by atoms with Crippen molar-refractivity contribution in [1.82, 2.24) is 20.3 Å². The van der Waals surface area contributed by atoms with Crippen LogP contribution in [0, 0.1) is 0 Å². The average Bonchev–Trinajstić information content (AvgIpc) is 3.33. The molecule has 0 aliphatic carbocycles. The van der Waals surface area contributed by atoms with E-state index in [-0.39, 0.29) is 5.91 Å². The van der Waals surface area contributed by atoms with E-state index in [2.05, 4.69) is 26.3 Å². The highest BCUT2D eigenvalue weighted by Crippen LogP contribution is 2.27. The van der Waals surface area contributed by atoms with Gasteiger partial charge in [0, 0.05) is 25.4 Å². The molecule has 1 aliphatic rings. The van der Waals surface area contributed by atoms with Crippen molar-refractivity contribution >= 4 is 17.2 Å². The van der Waals surface area contributed by atoms with Gasteiger partial charge in [0.2, 0.25) is 0 Å². The minimum atomic E-state index is -0.113. The molecule has 6 nitrogen and oxygen atoms in total. The smallest absolute Gasteiger partial charge is 0.263 e. The molecule has 3 heterocycles. The van der Waals surface area contributed by atoms with E-state index in [1.165, 1.54) is 16.9 Å². The summed E-state index contributed by atoms with van der Waals surface area (Å²) in [5, 5.41) is 3.66. The van der Waals surface area contributed by atoms with Crippen LogP contribution in [-0.2, 0) is 19.4 Å². The summed E-state index contributed by atoms with van der Waals surface area (Å²) >= 11 is 1.33. The van der Waals surface area contributed by atoms with E-state index in [0.717, 1.165) is 30.0 Å². The second kappa shape index (κ2) is 7.21. The van der Waals surface area contributed by atoms with E-state index in [4.69, 9.17) is 4.74 Å². The maximum absolute atomic E-state index is 12.7. The normalized spacial score (nSPS) is 12.5. The average molecular weight is 366 g/mol. The monoisotopic (exact) mass is 366 g/mol. The van der Waals surface area contributed by atoms with Gasteiger partial charge in [-0.05, 0) is 29.7 Å². The third kappa shape index (κ3) is 3.30. The molecule has 1 N–H and O–H groups in total. The lowest BCUT2D eigenvalue weighted by Gasteiger charge is -2.06. The minimum absolute atomic E-state index is 0.113. The summed E-state index contributed by atoms with van der Waals surface area (Å²) in [6.45, 7) is 3.20. The van der Waals surface area contributed by atoms with Gasteiger partial charge in [0.05, 0.1) is 12.3 Å². The SMILES string of the molecule is CCc1nc(-c2ncccn2)sc1C(=O)NCc1ccc2c(c1)CCO2. The van der Waals surface area contributed by atoms with E-state index >= 15 is 0 Å². The first-order chi connectivity index (χ1) is 12.7. The molecule has 2 aromatic heterocycles. The molecular weight excluding hydrogens is 348 g/mol. The van der Waals surface area contributed by atoms with Gasteiger partial charge < -0.3 is 10.1 Å². The second-order valence-corrected chi connectivity index (χ2v) is 6.94. The number of hydrogen-bond donors (Lipinski definition) is 1. The Morgan fingerprint density at radius 3 is 2.96 bits per heavy atom. The fourth-order valence-electron chi connectivity index (χ4n) is 2.89. The number of fused-ring (bicyclic) bond motifs is 1. The van der Waals surface area contributed by atoms with Gasteiger partial charge in [-0.1, -0.05) is 19.1 Å². The molecular formula is C19H18N4O2S. The van der Waals surface area contributed by atoms with Crippen molar-refractivity contribution in [2.75, 3.05) is 6.61 Å². The van der Waals surface area contributed by atoms with Gasteiger partial charge in [0.1, 0.15) is 10.6 Å². The Hall–Kier alpha value is -2.80. The third-order valence-corrected chi connectivity index (χ3v) is 5.29. The van der Waals surface area contributed by atoms with Crippen molar-refractivity contribution in [2.24, 2.45) is 0 Å². The maximum atomic E-state index is 12.7. The first-order valence-electron chi connectivity index (χ1n) is 8.54. The number of aromatic nitrogens is 3. The summed E-state index contributed by atoms with van der Waals surface area (Å²) in [7, 11) is 0. The highest BCUT2D eigenvalue weighted by Gasteiger charge is 2.19. The van der Waals surface area contributed by atoms with Gasteiger partial charge in [0.25, 0.3) is 5.91 Å². The number of nitrogens with zero attached hydrogens (tertiary/aromatic N) is 3. The van der Waals surface area contributed by atoms with Crippen LogP contribution in [0.5, 0.6) is 5.75 Å². The van der Waals surface area contributed by atoms with Gasteiger partial charge in [-0.15, -0.1) is 11.3 Å². The van der Waals surface area contributed by atoms with Gasteiger partial charge in [-0.25, -0.2) is 15.0 Å². The van der Waals surface area contributed by atoms with Crippen LogP contribution >= 0.6 is 11.3 Å². The fourth-order valence-corrected chi connectivity index (χ4v) is 3.90. The van der Waals surface area contributed by atoms with Crippen LogP contribution in [0.1, 0.15) is 33.4 Å². The lowest BCUT2D eigenvalue weighted by Crippen LogP contribution is -2.22. The Labute approximate surface area is 155 Å². The number of aryl methyl sites for hydroxylation is 1. The van der Waals surface area contributed by atoms with Crippen LogP contribution in [0.15, 0.2) is 36.7 Å². The zero-order chi connectivity index (χ0) is 17.9. The van der Waals surface area contributed by atoms with Crippen molar-refractivity contribution in [3.8, 4) is 16.6 Å². The second-order valence-electron chi connectivity index (χ2n) is 5.94. The first kappa shape index (κ1) is 16.7. The summed E-state index contributed by atoms with van der Waals surface area (Å²) in [6, 6.07) is 7.81. The lowest BCUT2D eigenvalue weighted by atomic mass is 10.1. The third-order valence-electron chi connectivity index (χ3n) is 4.20. The van der Waals surface area contributed by atoms with Crippen molar-refractivity contribution in [2.45, 2.75) is 26.3 Å². The molecule has 26 heavy (non-hydrogen) atoms. The largest absolute Gasteiger partial charge is 0.493 e. The molecule has 0 atom stereocenters. The molecule has 0 fully saturated rings. The summed E-state index contributed by atoms with van der Waals surface area (Å²) in [6.07, 6.45) is 4.95. The molecule has 0 saturated carbocycles. The molecule has 0 bridgehead atoms. The molecule has 132 valence electrons. The summed E-state index contributed by atoms with van der Waals surface area (Å²) < 4.78 is 5.52. The van der Waals surface area contributed by atoms with Crippen LogP contribution in [0.3, 0.4) is 0 Å². The Morgan fingerprint density at radius 2 is 2.15 bits per heavy atom. The van der Waals surface area contributed by atoms with Gasteiger partial charge in [0.15, 0.2) is 10.8 Å². The van der Waals surface area contributed by atoms with Crippen LogP contribution in [0.2, 0.25) is 0 Å². The summed E-state index contributed by atoms with van der Waals surface area (Å²) in [4.78, 5) is 26.3. The first-order valence-corrected chi connectivity index (χ1v) is 9.36. The van der Waals surface area contributed by atoms with E-state index < -0.39 is 0 Å². The van der Waals surface area contributed by atoms with Crippen molar-refractivity contribution in [1.29, 1.82) is 0 Å². The quantitative estimate of drug-likeness (QED) is 0.751. The predicted molar refractivity (Wildman–Crippen MR) is 99.3 cm³/mol. The number of carbonyl (C=O) groups excluding carboxylic acids is 1. The molecule has 0 spiro atoms. The Morgan fingerprint density at radius 1 is 1.31 bits per heavy atom. The van der Waals surface area contributed by atoms with Crippen molar-refractivity contribution in [3.05, 3.63) is 58.4 Å². The predicted octanol–water partition coefficient (Wildman–Crippen LogP) is 3.03. The van der Waals surface area contributed by atoms with E-state index in [9.17, 15) is 4.79 Å². The zero-order valence-corrected chi connectivity index (χ0v) is 15.2. The van der Waals surface area contributed by atoms with E-state index in [1.807, 2.05) is 19.1 Å². The highest BCUT2D eigenvalue weighted by molar-refractivity contribution is 7.17. The molecule has 0 saturated heterocycles. The molecule has 4 rings (SSSR count). The molecule has 7 heteroatoms.